The Hall–Kier alpha value is -2.35. The number of morpholine rings is 2. The fourth-order valence-corrected chi connectivity index (χ4v) is 6.49. The Morgan fingerprint density at radius 2 is 1.37 bits per heavy atom. The van der Waals surface area contributed by atoms with Crippen LogP contribution in [0.4, 0.5) is 0 Å². The lowest BCUT2D eigenvalue weighted by molar-refractivity contribution is -0.0702. The number of methoxy groups -OCH3 is 1. The SMILES string of the molecule is C=CCN1CCO[C@H]2Cc3c(O)cccc3C[C@@H]21.C=CCN1CCO[C@H]2Cc3c(cccc3OC)C[C@@H]21.Cl. The fraction of sp³-hybridized carbons (Fsp3) is 0.484. The first-order valence-electron chi connectivity index (χ1n) is 13.5. The average molecular weight is 541 g/mol. The highest BCUT2D eigenvalue weighted by atomic mass is 35.5. The molecule has 2 aromatic rings. The lowest BCUT2D eigenvalue weighted by Crippen LogP contribution is -2.54. The Bertz CT molecular complexity index is 1110. The summed E-state index contributed by atoms with van der Waals surface area (Å²) in [4.78, 5) is 4.93. The van der Waals surface area contributed by atoms with Gasteiger partial charge in [0.05, 0.1) is 32.5 Å². The van der Waals surface area contributed by atoms with E-state index in [1.807, 2.05) is 24.3 Å². The van der Waals surface area contributed by atoms with Crippen LogP contribution < -0.4 is 4.74 Å². The van der Waals surface area contributed by atoms with Crippen molar-refractivity contribution in [3.63, 3.8) is 0 Å². The maximum absolute atomic E-state index is 9.93. The third kappa shape index (κ3) is 5.95. The van der Waals surface area contributed by atoms with Gasteiger partial charge in [0.15, 0.2) is 0 Å². The summed E-state index contributed by atoms with van der Waals surface area (Å²) >= 11 is 0. The summed E-state index contributed by atoms with van der Waals surface area (Å²) in [6, 6.07) is 13.1. The van der Waals surface area contributed by atoms with Crippen molar-refractivity contribution in [2.45, 2.75) is 50.0 Å². The van der Waals surface area contributed by atoms with Crippen molar-refractivity contribution in [2.24, 2.45) is 0 Å². The lowest BCUT2D eigenvalue weighted by atomic mass is 9.84. The van der Waals surface area contributed by atoms with Gasteiger partial charge in [0.2, 0.25) is 0 Å². The topological polar surface area (TPSA) is 54.4 Å². The molecular formula is C31H41ClN2O4. The highest BCUT2D eigenvalue weighted by Gasteiger charge is 2.38. The minimum absolute atomic E-state index is 0. The van der Waals surface area contributed by atoms with Crippen LogP contribution in [0.3, 0.4) is 0 Å². The van der Waals surface area contributed by atoms with Gasteiger partial charge in [0.1, 0.15) is 11.5 Å². The van der Waals surface area contributed by atoms with Crippen molar-refractivity contribution in [1.29, 1.82) is 0 Å². The van der Waals surface area contributed by atoms with Crippen LogP contribution in [0, 0.1) is 0 Å². The number of hydrogen-bond acceptors (Lipinski definition) is 6. The molecular weight excluding hydrogens is 500 g/mol. The van der Waals surface area contributed by atoms with Gasteiger partial charge in [0, 0.05) is 51.1 Å². The summed E-state index contributed by atoms with van der Waals surface area (Å²) in [6.45, 7) is 13.1. The number of benzene rings is 2. The predicted molar refractivity (Wildman–Crippen MR) is 154 cm³/mol. The molecule has 0 radical (unpaired) electrons. The molecule has 6 rings (SSSR count). The van der Waals surface area contributed by atoms with Gasteiger partial charge in [-0.05, 0) is 47.2 Å². The van der Waals surface area contributed by atoms with E-state index in [0.717, 1.165) is 76.4 Å². The number of ether oxygens (including phenoxy) is 3. The third-order valence-corrected chi connectivity index (χ3v) is 8.31. The molecule has 4 aliphatic rings. The quantitative estimate of drug-likeness (QED) is 0.573. The number of aromatic hydroxyl groups is 1. The molecule has 7 heteroatoms. The van der Waals surface area contributed by atoms with Crippen LogP contribution in [-0.2, 0) is 35.2 Å². The molecule has 2 heterocycles. The zero-order valence-corrected chi connectivity index (χ0v) is 23.2. The average Bonchev–Trinajstić information content (AvgIpc) is 2.92. The minimum atomic E-state index is 0. The molecule has 206 valence electrons. The van der Waals surface area contributed by atoms with Gasteiger partial charge in [0.25, 0.3) is 0 Å². The Morgan fingerprint density at radius 3 is 1.92 bits per heavy atom. The van der Waals surface area contributed by atoms with Crippen molar-refractivity contribution in [3.8, 4) is 11.5 Å². The monoisotopic (exact) mass is 540 g/mol. The Kier molecular flexibility index (Phi) is 9.91. The maximum atomic E-state index is 9.93. The molecule has 0 unspecified atom stereocenters. The standard InChI is InChI=1S/C16H21NO2.C15H19NO2.ClH/c1-3-7-17-8-9-19-16-11-13-12(10-14(16)17)5-4-6-15(13)18-2;1-2-6-16-7-8-18-15-10-12-11(9-13(15)16)4-3-5-14(12)17;/h3-6,14,16H,1,7-11H2,2H3;2-5,13,15,17H,1,6-10H2;1H/t14-,16-;13-,15-;/m00./s1. The molecule has 2 aliphatic carbocycles. The first kappa shape index (κ1) is 28.7. The van der Waals surface area contributed by atoms with Gasteiger partial charge < -0.3 is 19.3 Å². The van der Waals surface area contributed by atoms with E-state index in [4.69, 9.17) is 14.2 Å². The summed E-state index contributed by atoms with van der Waals surface area (Å²) in [5.41, 5.74) is 5.06. The van der Waals surface area contributed by atoms with Gasteiger partial charge in [-0.1, -0.05) is 36.4 Å². The maximum Gasteiger partial charge on any atom is 0.122 e. The number of nitrogens with zero attached hydrogens (tertiary/aromatic N) is 2. The van der Waals surface area contributed by atoms with Gasteiger partial charge in [-0.15, -0.1) is 25.6 Å². The number of fused-ring (bicyclic) bond motifs is 4. The molecule has 0 aromatic heterocycles. The highest BCUT2D eigenvalue weighted by Crippen LogP contribution is 2.35. The van der Waals surface area contributed by atoms with Crippen LogP contribution in [0.15, 0.2) is 61.7 Å². The summed E-state index contributed by atoms with van der Waals surface area (Å²) in [6.07, 6.45) is 8.23. The van der Waals surface area contributed by atoms with Crippen molar-refractivity contribution in [3.05, 3.63) is 84.0 Å². The Labute approximate surface area is 233 Å². The van der Waals surface area contributed by atoms with E-state index in [2.05, 4.69) is 41.2 Å². The number of halogens is 1. The van der Waals surface area contributed by atoms with Gasteiger partial charge >= 0.3 is 0 Å². The number of phenolic OH excluding ortho intramolecular Hbond substituents is 1. The molecule has 4 atom stereocenters. The summed E-state index contributed by atoms with van der Waals surface area (Å²) in [5.74, 6) is 1.41. The predicted octanol–water partition coefficient (Wildman–Crippen LogP) is 4.22. The first-order chi connectivity index (χ1) is 18.1. The normalized spacial score (nSPS) is 26.1. The van der Waals surface area contributed by atoms with Crippen LogP contribution in [0.1, 0.15) is 22.3 Å². The molecule has 0 spiro atoms. The minimum Gasteiger partial charge on any atom is -0.508 e. The molecule has 6 nitrogen and oxygen atoms in total. The highest BCUT2D eigenvalue weighted by molar-refractivity contribution is 5.85. The van der Waals surface area contributed by atoms with E-state index in [-0.39, 0.29) is 24.6 Å². The summed E-state index contributed by atoms with van der Waals surface area (Å²) in [7, 11) is 1.74. The molecule has 0 amide bonds. The summed E-state index contributed by atoms with van der Waals surface area (Å²) in [5, 5.41) is 9.93. The molecule has 38 heavy (non-hydrogen) atoms. The molecule has 2 saturated heterocycles. The second kappa shape index (κ2) is 13.1. The second-order valence-electron chi connectivity index (χ2n) is 10.3. The molecule has 0 bridgehead atoms. The van der Waals surface area contributed by atoms with E-state index >= 15 is 0 Å². The van der Waals surface area contributed by atoms with E-state index in [0.29, 0.717) is 17.8 Å². The van der Waals surface area contributed by atoms with Crippen molar-refractivity contribution < 1.29 is 19.3 Å². The number of rotatable bonds is 5. The largest absolute Gasteiger partial charge is 0.508 e. The van der Waals surface area contributed by atoms with Crippen molar-refractivity contribution in [2.75, 3.05) is 46.5 Å². The Balaban J connectivity index is 0.000000173. The van der Waals surface area contributed by atoms with Crippen molar-refractivity contribution >= 4 is 12.4 Å². The van der Waals surface area contributed by atoms with E-state index in [1.54, 1.807) is 13.2 Å². The smallest absolute Gasteiger partial charge is 0.122 e. The van der Waals surface area contributed by atoms with Gasteiger partial charge in [-0.2, -0.15) is 0 Å². The molecule has 2 fully saturated rings. The van der Waals surface area contributed by atoms with Crippen LogP contribution in [0.25, 0.3) is 0 Å². The fourth-order valence-electron chi connectivity index (χ4n) is 6.49. The molecule has 1 N–H and O–H groups in total. The van der Waals surface area contributed by atoms with Crippen LogP contribution in [-0.4, -0.2) is 85.7 Å². The molecule has 2 aliphatic heterocycles. The zero-order chi connectivity index (χ0) is 25.8. The van der Waals surface area contributed by atoms with Gasteiger partial charge in [-0.25, -0.2) is 0 Å². The zero-order valence-electron chi connectivity index (χ0n) is 22.4. The first-order valence-corrected chi connectivity index (χ1v) is 13.5. The number of hydrogen-bond donors (Lipinski definition) is 1. The summed E-state index contributed by atoms with van der Waals surface area (Å²) < 4.78 is 17.3. The number of phenols is 1. The van der Waals surface area contributed by atoms with Crippen molar-refractivity contribution in [1.82, 2.24) is 9.80 Å². The second-order valence-corrected chi connectivity index (χ2v) is 10.3. The Morgan fingerprint density at radius 1 is 0.842 bits per heavy atom. The molecule has 2 aromatic carbocycles. The van der Waals surface area contributed by atoms with E-state index in [9.17, 15) is 5.11 Å². The van der Waals surface area contributed by atoms with Crippen LogP contribution in [0.5, 0.6) is 11.5 Å². The van der Waals surface area contributed by atoms with E-state index < -0.39 is 0 Å². The van der Waals surface area contributed by atoms with E-state index in [1.165, 1.54) is 16.7 Å². The van der Waals surface area contributed by atoms with Gasteiger partial charge in [-0.3, -0.25) is 9.80 Å². The van der Waals surface area contributed by atoms with Crippen LogP contribution in [0.2, 0.25) is 0 Å². The lowest BCUT2D eigenvalue weighted by Gasteiger charge is -2.44. The third-order valence-electron chi connectivity index (χ3n) is 8.31. The van der Waals surface area contributed by atoms with Crippen LogP contribution >= 0.6 is 12.4 Å². The molecule has 0 saturated carbocycles.